The number of nitrogens with zero attached hydrogens (tertiary/aromatic N) is 1. The summed E-state index contributed by atoms with van der Waals surface area (Å²) in [5, 5.41) is 0. The fourth-order valence-electron chi connectivity index (χ4n) is 2.57. The molecule has 0 bridgehead atoms. The second-order valence-electron chi connectivity index (χ2n) is 5.06. The van der Waals surface area contributed by atoms with Crippen molar-refractivity contribution in [3.63, 3.8) is 0 Å². The van der Waals surface area contributed by atoms with E-state index in [2.05, 4.69) is 10.8 Å². The van der Waals surface area contributed by atoms with Gasteiger partial charge in [0.15, 0.2) is 0 Å². The molecule has 0 N–H and O–H groups in total. The summed E-state index contributed by atoms with van der Waals surface area (Å²) in [6.07, 6.45) is 4.41. The van der Waals surface area contributed by atoms with E-state index in [1.807, 2.05) is 23.1 Å². The average Bonchev–Trinajstić information content (AvgIpc) is 2.69. The predicted octanol–water partition coefficient (Wildman–Crippen LogP) is 2.70. The predicted molar refractivity (Wildman–Crippen MR) is 77.6 cm³/mol. The number of rotatable bonds is 4. The van der Waals surface area contributed by atoms with Crippen molar-refractivity contribution in [2.24, 2.45) is 0 Å². The molecule has 0 unspecified atom stereocenters. The molecule has 4 heteroatoms. The molecule has 2 rings (SSSR count). The normalized spacial score (nSPS) is 14.3. The summed E-state index contributed by atoms with van der Waals surface area (Å²) >= 11 is 0. The van der Waals surface area contributed by atoms with Crippen molar-refractivity contribution in [1.29, 1.82) is 0 Å². The average molecular weight is 275 g/mol. The van der Waals surface area contributed by atoms with Gasteiger partial charge in [-0.25, -0.2) is 0 Å². The van der Waals surface area contributed by atoms with Gasteiger partial charge in [-0.2, -0.15) is 0 Å². The van der Waals surface area contributed by atoms with Gasteiger partial charge in [0.05, 0.1) is 7.11 Å². The van der Waals surface area contributed by atoms with Crippen molar-refractivity contribution in [1.82, 2.24) is 0 Å². The van der Waals surface area contributed by atoms with Crippen molar-refractivity contribution in [3.8, 4) is 0 Å². The molecule has 1 heterocycles. The zero-order chi connectivity index (χ0) is 14.4. The number of anilines is 1. The smallest absolute Gasteiger partial charge is 0.305 e. The van der Waals surface area contributed by atoms with Crippen LogP contribution in [-0.2, 0) is 20.7 Å². The highest BCUT2D eigenvalue weighted by atomic mass is 16.5. The molecule has 0 radical (unpaired) electrons. The lowest BCUT2D eigenvalue weighted by atomic mass is 10.1. The number of carbonyl (C=O) groups excluding carboxylic acids is 2. The molecule has 0 saturated heterocycles. The van der Waals surface area contributed by atoms with Crippen LogP contribution in [0, 0.1) is 0 Å². The van der Waals surface area contributed by atoms with E-state index >= 15 is 0 Å². The summed E-state index contributed by atoms with van der Waals surface area (Å²) in [5.74, 6) is -0.155. The van der Waals surface area contributed by atoms with Gasteiger partial charge in [-0.3, -0.25) is 9.59 Å². The van der Waals surface area contributed by atoms with Crippen molar-refractivity contribution < 1.29 is 14.3 Å². The van der Waals surface area contributed by atoms with Crippen LogP contribution in [0.15, 0.2) is 24.3 Å². The number of para-hydroxylation sites is 1. The monoisotopic (exact) mass is 275 g/mol. The minimum absolute atomic E-state index is 0.100. The first-order chi connectivity index (χ1) is 9.72. The van der Waals surface area contributed by atoms with Crippen LogP contribution in [0.25, 0.3) is 0 Å². The van der Waals surface area contributed by atoms with Crippen LogP contribution >= 0.6 is 0 Å². The molecule has 1 aliphatic rings. The van der Waals surface area contributed by atoms with Gasteiger partial charge in [0.1, 0.15) is 0 Å². The molecule has 1 aromatic rings. The Kier molecular flexibility index (Phi) is 5.16. The highest BCUT2D eigenvalue weighted by Crippen LogP contribution is 2.26. The van der Waals surface area contributed by atoms with E-state index in [4.69, 9.17) is 0 Å². The summed E-state index contributed by atoms with van der Waals surface area (Å²) in [6.45, 7) is 0.772. The van der Waals surface area contributed by atoms with Crippen molar-refractivity contribution in [2.75, 3.05) is 18.6 Å². The summed E-state index contributed by atoms with van der Waals surface area (Å²) < 4.78 is 4.59. The quantitative estimate of drug-likeness (QED) is 0.794. The van der Waals surface area contributed by atoms with Gasteiger partial charge in [-0.1, -0.05) is 18.2 Å². The summed E-state index contributed by atoms with van der Waals surface area (Å²) in [4.78, 5) is 25.3. The molecule has 0 aliphatic carbocycles. The van der Waals surface area contributed by atoms with Crippen LogP contribution in [0.2, 0.25) is 0 Å². The number of benzene rings is 1. The van der Waals surface area contributed by atoms with E-state index in [0.29, 0.717) is 19.3 Å². The summed E-state index contributed by atoms with van der Waals surface area (Å²) in [7, 11) is 1.37. The van der Waals surface area contributed by atoms with E-state index in [1.165, 1.54) is 12.7 Å². The van der Waals surface area contributed by atoms with Gasteiger partial charge < -0.3 is 9.64 Å². The number of ether oxygens (including phenoxy) is 1. The third-order valence-corrected chi connectivity index (χ3v) is 3.66. The van der Waals surface area contributed by atoms with Crippen LogP contribution in [0.5, 0.6) is 0 Å². The lowest BCUT2D eigenvalue weighted by Gasteiger charge is -2.22. The molecule has 1 amide bonds. The molecule has 108 valence electrons. The molecular weight excluding hydrogens is 254 g/mol. The van der Waals surface area contributed by atoms with Gasteiger partial charge in [-0.05, 0) is 37.3 Å². The number of carbonyl (C=O) groups is 2. The molecule has 0 saturated carbocycles. The summed E-state index contributed by atoms with van der Waals surface area (Å²) in [6, 6.07) is 8.09. The van der Waals surface area contributed by atoms with Crippen LogP contribution in [-0.4, -0.2) is 25.5 Å². The maximum absolute atomic E-state index is 12.4. The molecule has 4 nitrogen and oxygen atoms in total. The van der Waals surface area contributed by atoms with E-state index < -0.39 is 0 Å². The zero-order valence-electron chi connectivity index (χ0n) is 11.9. The number of esters is 1. The number of hydrogen-bond acceptors (Lipinski definition) is 3. The molecule has 0 aromatic heterocycles. The standard InChI is InChI=1S/C16H21NO3/c1-20-16(19)11-6-10-15(18)17-12-5-4-8-13-7-2-3-9-14(13)17/h2-3,7,9H,4-6,8,10-12H2,1H3. The van der Waals surface area contributed by atoms with E-state index in [9.17, 15) is 9.59 Å². The fourth-order valence-corrected chi connectivity index (χ4v) is 2.57. The molecular formula is C16H21NO3. The Hall–Kier alpha value is -1.84. The molecule has 0 spiro atoms. The molecule has 0 atom stereocenters. The number of aryl methyl sites for hydroxylation is 1. The van der Waals surface area contributed by atoms with Gasteiger partial charge in [0.25, 0.3) is 0 Å². The first kappa shape index (κ1) is 14.6. The molecule has 20 heavy (non-hydrogen) atoms. The van der Waals surface area contributed by atoms with Crippen molar-refractivity contribution in [2.45, 2.75) is 38.5 Å². The highest BCUT2D eigenvalue weighted by Gasteiger charge is 2.20. The Morgan fingerprint density at radius 3 is 2.80 bits per heavy atom. The number of methoxy groups -OCH3 is 1. The Morgan fingerprint density at radius 2 is 2.00 bits per heavy atom. The van der Waals surface area contributed by atoms with Gasteiger partial charge >= 0.3 is 5.97 Å². The fraction of sp³-hybridized carbons (Fsp3) is 0.500. The summed E-state index contributed by atoms with van der Waals surface area (Å²) in [5.41, 5.74) is 2.28. The SMILES string of the molecule is COC(=O)CCCC(=O)N1CCCCc2ccccc21. The third-order valence-electron chi connectivity index (χ3n) is 3.66. The maximum Gasteiger partial charge on any atom is 0.305 e. The van der Waals surface area contributed by atoms with Crippen molar-refractivity contribution in [3.05, 3.63) is 29.8 Å². The molecule has 1 aliphatic heterocycles. The van der Waals surface area contributed by atoms with E-state index in [0.717, 1.165) is 31.5 Å². The first-order valence-corrected chi connectivity index (χ1v) is 7.17. The van der Waals surface area contributed by atoms with Gasteiger partial charge in [0.2, 0.25) is 5.91 Å². The van der Waals surface area contributed by atoms with Crippen LogP contribution in [0.1, 0.15) is 37.7 Å². The second-order valence-corrected chi connectivity index (χ2v) is 5.06. The third kappa shape index (κ3) is 3.59. The second kappa shape index (κ2) is 7.08. The minimum Gasteiger partial charge on any atom is -0.469 e. The Labute approximate surface area is 119 Å². The number of amides is 1. The Bertz CT molecular complexity index is 484. The van der Waals surface area contributed by atoms with Gasteiger partial charge in [0, 0.05) is 25.1 Å². The lowest BCUT2D eigenvalue weighted by molar-refractivity contribution is -0.140. The maximum atomic E-state index is 12.4. The van der Waals surface area contributed by atoms with Crippen LogP contribution in [0.4, 0.5) is 5.69 Å². The lowest BCUT2D eigenvalue weighted by Crippen LogP contribution is -2.31. The highest BCUT2D eigenvalue weighted by molar-refractivity contribution is 5.94. The van der Waals surface area contributed by atoms with Crippen molar-refractivity contribution >= 4 is 17.6 Å². The van der Waals surface area contributed by atoms with E-state index in [-0.39, 0.29) is 11.9 Å². The first-order valence-electron chi connectivity index (χ1n) is 7.17. The minimum atomic E-state index is -0.255. The Morgan fingerprint density at radius 1 is 1.20 bits per heavy atom. The topological polar surface area (TPSA) is 46.6 Å². The van der Waals surface area contributed by atoms with E-state index in [1.54, 1.807) is 0 Å². The van der Waals surface area contributed by atoms with Gasteiger partial charge in [-0.15, -0.1) is 0 Å². The zero-order valence-corrected chi connectivity index (χ0v) is 11.9. The number of hydrogen-bond donors (Lipinski definition) is 0. The molecule has 0 fully saturated rings. The largest absolute Gasteiger partial charge is 0.469 e. The van der Waals surface area contributed by atoms with Crippen LogP contribution in [0.3, 0.4) is 0 Å². The number of fused-ring (bicyclic) bond motifs is 1. The Balaban J connectivity index is 2.00. The molecule has 1 aromatic carbocycles. The van der Waals surface area contributed by atoms with Crippen LogP contribution < -0.4 is 4.90 Å².